The second kappa shape index (κ2) is 6.61. The van der Waals surface area contributed by atoms with E-state index in [1.807, 2.05) is 6.07 Å². The Morgan fingerprint density at radius 2 is 2.25 bits per heavy atom. The highest BCUT2D eigenvalue weighted by molar-refractivity contribution is 5.32. The number of nitrogens with zero attached hydrogens (tertiary/aromatic N) is 1. The van der Waals surface area contributed by atoms with Crippen LogP contribution < -0.4 is 5.32 Å². The van der Waals surface area contributed by atoms with Crippen LogP contribution in [0.15, 0.2) is 18.2 Å². The van der Waals surface area contributed by atoms with Crippen LogP contribution in [0.1, 0.15) is 24.0 Å². The first-order valence-corrected chi connectivity index (χ1v) is 5.10. The summed E-state index contributed by atoms with van der Waals surface area (Å²) in [6, 6.07) is 6.38. The molecule has 3 heteroatoms. The molecule has 0 saturated heterocycles. The van der Waals surface area contributed by atoms with E-state index in [1.165, 1.54) is 6.07 Å². The normalized spacial score (nSPS) is 9.44. The average molecular weight is 216 g/mol. The van der Waals surface area contributed by atoms with Crippen LogP contribution in [0.5, 0.6) is 0 Å². The monoisotopic (exact) mass is 216 g/mol. The molecule has 0 spiro atoms. The van der Waals surface area contributed by atoms with Gasteiger partial charge in [0.15, 0.2) is 0 Å². The summed E-state index contributed by atoms with van der Waals surface area (Å²) in [5.41, 5.74) is 0.910. The standard InChI is InChI=1S/C13H13FN2/c1-2-3-4-7-16-10-12-6-5-11(9-15)8-13(12)14/h1,5-6,8,16H,3-4,7,10H2. The van der Waals surface area contributed by atoms with Crippen LogP contribution in [-0.2, 0) is 6.54 Å². The molecule has 0 fully saturated rings. The summed E-state index contributed by atoms with van der Waals surface area (Å²) in [5.74, 6) is 2.20. The SMILES string of the molecule is C#CCCCNCc1ccc(C#N)cc1F. The van der Waals surface area contributed by atoms with Crippen molar-refractivity contribution in [2.24, 2.45) is 0 Å². The van der Waals surface area contributed by atoms with Gasteiger partial charge in [0.2, 0.25) is 0 Å². The minimum Gasteiger partial charge on any atom is -0.313 e. The zero-order valence-corrected chi connectivity index (χ0v) is 8.96. The lowest BCUT2D eigenvalue weighted by atomic mass is 10.1. The van der Waals surface area contributed by atoms with E-state index >= 15 is 0 Å². The topological polar surface area (TPSA) is 35.8 Å². The summed E-state index contributed by atoms with van der Waals surface area (Å²) in [4.78, 5) is 0. The van der Waals surface area contributed by atoms with Crippen LogP contribution in [-0.4, -0.2) is 6.54 Å². The molecule has 1 aromatic carbocycles. The molecule has 0 aliphatic rings. The van der Waals surface area contributed by atoms with Crippen molar-refractivity contribution in [1.29, 1.82) is 5.26 Å². The first-order chi connectivity index (χ1) is 7.77. The van der Waals surface area contributed by atoms with Gasteiger partial charge in [0.1, 0.15) is 5.82 Å². The molecule has 82 valence electrons. The van der Waals surface area contributed by atoms with Gasteiger partial charge >= 0.3 is 0 Å². The Hall–Kier alpha value is -1.84. The number of benzene rings is 1. The van der Waals surface area contributed by atoms with Gasteiger partial charge in [-0.1, -0.05) is 6.07 Å². The Morgan fingerprint density at radius 1 is 1.44 bits per heavy atom. The van der Waals surface area contributed by atoms with Gasteiger partial charge < -0.3 is 5.32 Å². The molecule has 0 amide bonds. The highest BCUT2D eigenvalue weighted by Gasteiger charge is 2.02. The zero-order valence-electron chi connectivity index (χ0n) is 8.96. The molecular weight excluding hydrogens is 203 g/mol. The maximum absolute atomic E-state index is 13.4. The fourth-order valence-corrected chi connectivity index (χ4v) is 1.30. The summed E-state index contributed by atoms with van der Waals surface area (Å²) in [5, 5.41) is 11.7. The van der Waals surface area contributed by atoms with E-state index in [1.54, 1.807) is 12.1 Å². The minimum absolute atomic E-state index is 0.341. The molecule has 1 N–H and O–H groups in total. The van der Waals surface area contributed by atoms with Crippen molar-refractivity contribution in [2.45, 2.75) is 19.4 Å². The van der Waals surface area contributed by atoms with E-state index in [9.17, 15) is 4.39 Å². The van der Waals surface area contributed by atoms with Crippen LogP contribution in [0.25, 0.3) is 0 Å². The van der Waals surface area contributed by atoms with Gasteiger partial charge in [-0.3, -0.25) is 0 Å². The van der Waals surface area contributed by atoms with E-state index in [-0.39, 0.29) is 5.82 Å². The molecular formula is C13H13FN2. The summed E-state index contributed by atoms with van der Waals surface area (Å²) in [7, 11) is 0. The van der Waals surface area contributed by atoms with Crippen LogP contribution >= 0.6 is 0 Å². The lowest BCUT2D eigenvalue weighted by molar-refractivity contribution is 0.583. The summed E-state index contributed by atoms with van der Waals surface area (Å²) in [6.45, 7) is 1.23. The van der Waals surface area contributed by atoms with Gasteiger partial charge in [0, 0.05) is 18.5 Å². The number of hydrogen-bond acceptors (Lipinski definition) is 2. The quantitative estimate of drug-likeness (QED) is 0.605. The van der Waals surface area contributed by atoms with E-state index in [2.05, 4.69) is 11.2 Å². The number of rotatable bonds is 5. The smallest absolute Gasteiger partial charge is 0.129 e. The highest BCUT2D eigenvalue weighted by atomic mass is 19.1. The van der Waals surface area contributed by atoms with Crippen LogP contribution in [0.4, 0.5) is 4.39 Å². The van der Waals surface area contributed by atoms with E-state index in [0.29, 0.717) is 17.7 Å². The molecule has 0 aliphatic heterocycles. The number of nitrogens with one attached hydrogen (secondary N) is 1. The Kier molecular flexibility index (Phi) is 5.05. The second-order valence-corrected chi connectivity index (χ2v) is 3.40. The van der Waals surface area contributed by atoms with Crippen molar-refractivity contribution in [1.82, 2.24) is 5.32 Å². The maximum Gasteiger partial charge on any atom is 0.129 e. The molecule has 1 rings (SSSR count). The highest BCUT2D eigenvalue weighted by Crippen LogP contribution is 2.09. The van der Waals surface area contributed by atoms with Crippen molar-refractivity contribution in [3.63, 3.8) is 0 Å². The van der Waals surface area contributed by atoms with E-state index in [0.717, 1.165) is 19.4 Å². The van der Waals surface area contributed by atoms with Gasteiger partial charge in [-0.2, -0.15) is 5.26 Å². The van der Waals surface area contributed by atoms with Crippen LogP contribution in [0.2, 0.25) is 0 Å². The minimum atomic E-state index is -0.344. The Balaban J connectivity index is 2.43. The molecule has 2 nitrogen and oxygen atoms in total. The van der Waals surface area contributed by atoms with Crippen molar-refractivity contribution < 1.29 is 4.39 Å². The zero-order chi connectivity index (χ0) is 11.8. The van der Waals surface area contributed by atoms with Crippen molar-refractivity contribution >= 4 is 0 Å². The van der Waals surface area contributed by atoms with Gasteiger partial charge in [-0.25, -0.2) is 4.39 Å². The van der Waals surface area contributed by atoms with Gasteiger partial charge in [0.25, 0.3) is 0 Å². The van der Waals surface area contributed by atoms with Crippen molar-refractivity contribution in [3.05, 3.63) is 35.1 Å². The third-order valence-corrected chi connectivity index (χ3v) is 2.17. The molecule has 0 bridgehead atoms. The Labute approximate surface area is 95.1 Å². The predicted molar refractivity (Wildman–Crippen MR) is 60.9 cm³/mol. The van der Waals surface area contributed by atoms with Crippen molar-refractivity contribution in [3.8, 4) is 18.4 Å². The summed E-state index contributed by atoms with van der Waals surface area (Å²) >= 11 is 0. The Bertz CT molecular complexity index is 427. The fraction of sp³-hybridized carbons (Fsp3) is 0.308. The molecule has 0 unspecified atom stereocenters. The lowest BCUT2D eigenvalue weighted by Gasteiger charge is -2.05. The largest absolute Gasteiger partial charge is 0.313 e. The first kappa shape index (κ1) is 12.2. The van der Waals surface area contributed by atoms with Gasteiger partial charge in [-0.05, 0) is 25.1 Å². The van der Waals surface area contributed by atoms with E-state index < -0.39 is 0 Å². The summed E-state index contributed by atoms with van der Waals surface area (Å²) in [6.07, 6.45) is 6.72. The second-order valence-electron chi connectivity index (χ2n) is 3.40. The predicted octanol–water partition coefficient (Wildman–Crippen LogP) is 2.20. The van der Waals surface area contributed by atoms with E-state index in [4.69, 9.17) is 11.7 Å². The van der Waals surface area contributed by atoms with Gasteiger partial charge in [-0.15, -0.1) is 12.3 Å². The molecule has 1 aromatic rings. The number of unbranched alkanes of at least 4 members (excludes halogenated alkanes) is 1. The van der Waals surface area contributed by atoms with Gasteiger partial charge in [0.05, 0.1) is 11.6 Å². The third-order valence-electron chi connectivity index (χ3n) is 2.17. The lowest BCUT2D eigenvalue weighted by Crippen LogP contribution is -2.15. The van der Waals surface area contributed by atoms with Crippen LogP contribution in [0.3, 0.4) is 0 Å². The Morgan fingerprint density at radius 3 is 2.88 bits per heavy atom. The molecule has 0 aromatic heterocycles. The molecule has 0 atom stereocenters. The summed E-state index contributed by atoms with van der Waals surface area (Å²) < 4.78 is 13.4. The number of nitriles is 1. The molecule has 0 heterocycles. The number of halogens is 1. The molecule has 0 saturated carbocycles. The maximum atomic E-state index is 13.4. The molecule has 0 radical (unpaired) electrons. The first-order valence-electron chi connectivity index (χ1n) is 5.10. The third kappa shape index (κ3) is 3.73. The van der Waals surface area contributed by atoms with Crippen molar-refractivity contribution in [2.75, 3.05) is 6.54 Å². The molecule has 16 heavy (non-hydrogen) atoms. The number of terminal acetylenes is 1. The fourth-order valence-electron chi connectivity index (χ4n) is 1.30. The number of hydrogen-bond donors (Lipinski definition) is 1. The molecule has 0 aliphatic carbocycles. The average Bonchev–Trinajstić information content (AvgIpc) is 2.30. The van der Waals surface area contributed by atoms with Crippen LogP contribution in [0, 0.1) is 29.5 Å².